The van der Waals surface area contributed by atoms with E-state index in [0.29, 0.717) is 11.3 Å². The van der Waals surface area contributed by atoms with E-state index in [0.717, 1.165) is 22.8 Å². The number of nitrogens with two attached hydrogens (primary N) is 1. The van der Waals surface area contributed by atoms with E-state index in [1.54, 1.807) is 43.3 Å². The number of ether oxygens (including phenoxy) is 1. The second-order valence-electron chi connectivity index (χ2n) is 4.46. The average molecular weight is 307 g/mol. The number of hydrogen-bond acceptors (Lipinski definition) is 5. The van der Waals surface area contributed by atoms with Crippen LogP contribution in [0.4, 0.5) is 0 Å². The van der Waals surface area contributed by atoms with Crippen LogP contribution < -0.4 is 10.5 Å². The van der Waals surface area contributed by atoms with Gasteiger partial charge in [0.25, 0.3) is 0 Å². The number of methoxy groups -OCH3 is 1. The molecule has 0 unspecified atom stereocenters. The Morgan fingerprint density at radius 1 is 1.43 bits per heavy atom. The lowest BCUT2D eigenvalue weighted by Gasteiger charge is -2.12. The molecule has 1 aromatic carbocycles. The SMILES string of the molecule is COc1ccc([C@H](N)C(=O)O)cc1CSCc1ccco1. The van der Waals surface area contributed by atoms with Gasteiger partial charge in [-0.1, -0.05) is 6.07 Å². The van der Waals surface area contributed by atoms with E-state index in [1.807, 2.05) is 12.1 Å². The zero-order valence-electron chi connectivity index (χ0n) is 11.6. The maximum Gasteiger partial charge on any atom is 0.325 e. The van der Waals surface area contributed by atoms with Crippen molar-refractivity contribution < 1.29 is 19.1 Å². The van der Waals surface area contributed by atoms with Gasteiger partial charge in [0.1, 0.15) is 17.6 Å². The number of hydrogen-bond donors (Lipinski definition) is 2. The molecule has 0 aliphatic heterocycles. The number of furan rings is 1. The monoisotopic (exact) mass is 307 g/mol. The zero-order valence-corrected chi connectivity index (χ0v) is 12.4. The maximum atomic E-state index is 11.0. The van der Waals surface area contributed by atoms with Gasteiger partial charge in [0, 0.05) is 11.3 Å². The molecule has 0 aliphatic rings. The van der Waals surface area contributed by atoms with E-state index >= 15 is 0 Å². The van der Waals surface area contributed by atoms with Gasteiger partial charge >= 0.3 is 5.97 Å². The summed E-state index contributed by atoms with van der Waals surface area (Å²) in [6.45, 7) is 0. The molecule has 0 radical (unpaired) electrons. The summed E-state index contributed by atoms with van der Waals surface area (Å²) in [4.78, 5) is 11.0. The van der Waals surface area contributed by atoms with E-state index < -0.39 is 12.0 Å². The Labute approximate surface area is 127 Å². The summed E-state index contributed by atoms with van der Waals surface area (Å²) in [7, 11) is 1.59. The molecule has 3 N–H and O–H groups in total. The second-order valence-corrected chi connectivity index (χ2v) is 5.44. The molecule has 0 bridgehead atoms. The van der Waals surface area contributed by atoms with Crippen molar-refractivity contribution in [1.29, 1.82) is 0 Å². The Morgan fingerprint density at radius 3 is 2.86 bits per heavy atom. The number of carboxylic acids is 1. The minimum atomic E-state index is -1.05. The molecule has 2 rings (SSSR count). The molecule has 5 nitrogen and oxygen atoms in total. The molecule has 112 valence electrons. The molecule has 2 aromatic rings. The first-order valence-electron chi connectivity index (χ1n) is 6.37. The highest BCUT2D eigenvalue weighted by Crippen LogP contribution is 2.28. The molecule has 21 heavy (non-hydrogen) atoms. The zero-order chi connectivity index (χ0) is 15.2. The highest BCUT2D eigenvalue weighted by Gasteiger charge is 2.16. The van der Waals surface area contributed by atoms with Crippen LogP contribution in [-0.4, -0.2) is 18.2 Å². The lowest BCUT2D eigenvalue weighted by atomic mass is 10.0. The van der Waals surface area contributed by atoms with E-state index in [1.165, 1.54) is 0 Å². The van der Waals surface area contributed by atoms with Crippen LogP contribution >= 0.6 is 11.8 Å². The van der Waals surface area contributed by atoms with Crippen molar-refractivity contribution in [3.63, 3.8) is 0 Å². The largest absolute Gasteiger partial charge is 0.496 e. The van der Waals surface area contributed by atoms with Crippen LogP contribution in [0.2, 0.25) is 0 Å². The average Bonchev–Trinajstić information content (AvgIpc) is 2.99. The summed E-state index contributed by atoms with van der Waals surface area (Å²) in [6.07, 6.45) is 1.64. The van der Waals surface area contributed by atoms with E-state index in [4.69, 9.17) is 20.0 Å². The predicted molar refractivity (Wildman–Crippen MR) is 81.3 cm³/mol. The van der Waals surface area contributed by atoms with Crippen molar-refractivity contribution in [3.8, 4) is 5.75 Å². The third kappa shape index (κ3) is 4.03. The summed E-state index contributed by atoms with van der Waals surface area (Å²) >= 11 is 1.66. The number of thioether (sulfide) groups is 1. The number of rotatable bonds is 7. The molecule has 6 heteroatoms. The van der Waals surface area contributed by atoms with Crippen LogP contribution in [0.1, 0.15) is 22.9 Å². The molecular weight excluding hydrogens is 290 g/mol. The Hall–Kier alpha value is -1.92. The third-order valence-electron chi connectivity index (χ3n) is 3.01. The van der Waals surface area contributed by atoms with Gasteiger partial charge in [-0.3, -0.25) is 4.79 Å². The van der Waals surface area contributed by atoms with Gasteiger partial charge in [0.05, 0.1) is 19.1 Å². The smallest absolute Gasteiger partial charge is 0.325 e. The van der Waals surface area contributed by atoms with E-state index in [9.17, 15) is 4.79 Å². The molecule has 0 amide bonds. The summed E-state index contributed by atoms with van der Waals surface area (Å²) in [5.74, 6) is 2.00. The molecule has 1 heterocycles. The molecule has 0 fully saturated rings. The fraction of sp³-hybridized carbons (Fsp3) is 0.267. The molecule has 0 saturated heterocycles. The van der Waals surface area contributed by atoms with E-state index in [2.05, 4.69) is 0 Å². The molecular formula is C15H17NO4S. The van der Waals surface area contributed by atoms with Gasteiger partial charge in [0.15, 0.2) is 0 Å². The highest BCUT2D eigenvalue weighted by atomic mass is 32.2. The Balaban J connectivity index is 2.08. The van der Waals surface area contributed by atoms with Crippen LogP contribution in [0.15, 0.2) is 41.0 Å². The first-order chi connectivity index (χ1) is 10.1. The minimum Gasteiger partial charge on any atom is -0.496 e. The normalized spacial score (nSPS) is 12.1. The van der Waals surface area contributed by atoms with Gasteiger partial charge in [-0.15, -0.1) is 11.8 Å². The van der Waals surface area contributed by atoms with Crippen molar-refractivity contribution >= 4 is 17.7 Å². The van der Waals surface area contributed by atoms with Crippen molar-refractivity contribution in [1.82, 2.24) is 0 Å². The highest BCUT2D eigenvalue weighted by molar-refractivity contribution is 7.97. The van der Waals surface area contributed by atoms with Crippen molar-refractivity contribution in [2.75, 3.05) is 7.11 Å². The molecule has 0 spiro atoms. The van der Waals surface area contributed by atoms with Gasteiger partial charge in [-0.2, -0.15) is 0 Å². The summed E-state index contributed by atoms with van der Waals surface area (Å²) in [5.41, 5.74) is 7.13. The standard InChI is InChI=1S/C15H17NO4S/c1-19-13-5-4-10(14(16)15(17)18)7-11(13)8-21-9-12-3-2-6-20-12/h2-7,14H,8-9,16H2,1H3,(H,17,18)/t14-/m0/s1. The minimum absolute atomic E-state index is 0.567. The Kier molecular flexibility index (Phi) is 5.30. The van der Waals surface area contributed by atoms with E-state index in [-0.39, 0.29) is 0 Å². The number of carbonyl (C=O) groups is 1. The summed E-state index contributed by atoms with van der Waals surface area (Å²) in [5, 5.41) is 8.98. The Morgan fingerprint density at radius 2 is 2.24 bits per heavy atom. The van der Waals surface area contributed by atoms with Crippen LogP contribution in [0.25, 0.3) is 0 Å². The van der Waals surface area contributed by atoms with Crippen molar-refractivity contribution in [3.05, 3.63) is 53.5 Å². The molecule has 1 aromatic heterocycles. The molecule has 0 aliphatic carbocycles. The lowest BCUT2D eigenvalue weighted by molar-refractivity contribution is -0.138. The summed E-state index contributed by atoms with van der Waals surface area (Å²) < 4.78 is 10.6. The fourth-order valence-electron chi connectivity index (χ4n) is 1.90. The quantitative estimate of drug-likeness (QED) is 0.818. The maximum absolute atomic E-state index is 11.0. The number of carboxylic acid groups (broad SMARTS) is 1. The first-order valence-corrected chi connectivity index (χ1v) is 7.52. The Bertz CT molecular complexity index is 598. The molecule has 1 atom stereocenters. The van der Waals surface area contributed by atoms with Gasteiger partial charge < -0.3 is 20.0 Å². The third-order valence-corrected chi connectivity index (χ3v) is 4.02. The second kappa shape index (κ2) is 7.19. The summed E-state index contributed by atoms with van der Waals surface area (Å²) in [6, 6.07) is 7.96. The lowest BCUT2D eigenvalue weighted by Crippen LogP contribution is -2.20. The number of aliphatic carboxylic acids is 1. The van der Waals surface area contributed by atoms with Crippen LogP contribution in [0.3, 0.4) is 0 Å². The van der Waals surface area contributed by atoms with Gasteiger partial charge in [-0.25, -0.2) is 0 Å². The topological polar surface area (TPSA) is 85.7 Å². The van der Waals surface area contributed by atoms with Crippen LogP contribution in [0, 0.1) is 0 Å². The fourth-order valence-corrected chi connectivity index (χ4v) is 2.82. The van der Waals surface area contributed by atoms with Crippen molar-refractivity contribution in [2.45, 2.75) is 17.5 Å². The van der Waals surface area contributed by atoms with Crippen molar-refractivity contribution in [2.24, 2.45) is 5.73 Å². The van der Waals surface area contributed by atoms with Gasteiger partial charge in [-0.05, 0) is 29.8 Å². The van der Waals surface area contributed by atoms with Crippen LogP contribution in [0.5, 0.6) is 5.75 Å². The van der Waals surface area contributed by atoms with Gasteiger partial charge in [0.2, 0.25) is 0 Å². The molecule has 0 saturated carbocycles. The first kappa shape index (κ1) is 15.5. The number of benzene rings is 1. The van der Waals surface area contributed by atoms with Crippen LogP contribution in [-0.2, 0) is 16.3 Å². The predicted octanol–water partition coefficient (Wildman–Crippen LogP) is 2.81.